The van der Waals surface area contributed by atoms with Crippen LogP contribution in [0.25, 0.3) is 0 Å². The maximum Gasteiger partial charge on any atom is 0.141 e. The Morgan fingerprint density at radius 1 is 1.26 bits per heavy atom. The zero-order valence-corrected chi connectivity index (χ0v) is 12.1. The molecule has 2 aliphatic carbocycles. The molecule has 3 rings (SSSR count). The number of hydrogen-bond donors (Lipinski definition) is 1. The van der Waals surface area contributed by atoms with Crippen LogP contribution in [0.2, 0.25) is 5.02 Å². The Bertz CT molecular complexity index is 442. The van der Waals surface area contributed by atoms with Gasteiger partial charge in [0.1, 0.15) is 5.82 Å². The highest BCUT2D eigenvalue weighted by Crippen LogP contribution is 2.49. The van der Waals surface area contributed by atoms with Gasteiger partial charge in [0, 0.05) is 6.04 Å². The number of hydrogen-bond acceptors (Lipinski definition) is 1. The zero-order chi connectivity index (χ0) is 13.4. The van der Waals surface area contributed by atoms with Crippen molar-refractivity contribution in [3.05, 3.63) is 34.6 Å². The molecule has 1 aromatic rings. The normalized spacial score (nSPS) is 20.8. The summed E-state index contributed by atoms with van der Waals surface area (Å²) in [4.78, 5) is 0. The molecule has 104 valence electrons. The lowest BCUT2D eigenvalue weighted by Crippen LogP contribution is -2.28. The van der Waals surface area contributed by atoms with Crippen molar-refractivity contribution in [1.82, 2.24) is 5.32 Å². The van der Waals surface area contributed by atoms with Gasteiger partial charge < -0.3 is 5.32 Å². The Morgan fingerprint density at radius 2 is 1.89 bits per heavy atom. The molecule has 1 aromatic carbocycles. The van der Waals surface area contributed by atoms with Gasteiger partial charge in [0.25, 0.3) is 0 Å². The molecule has 1 unspecified atom stereocenters. The van der Waals surface area contributed by atoms with Crippen LogP contribution >= 0.6 is 11.6 Å². The standard InChI is InChI=1S/C16H21ClFN/c1-10(13-6-7-16(18)15(17)8-13)19-9-14(11-2-3-11)12-4-5-12/h6-8,10-12,14,19H,2-5,9H2,1H3. The fraction of sp³-hybridized carbons (Fsp3) is 0.625. The van der Waals surface area contributed by atoms with Gasteiger partial charge in [-0.25, -0.2) is 4.39 Å². The lowest BCUT2D eigenvalue weighted by Gasteiger charge is -2.21. The molecule has 2 saturated carbocycles. The van der Waals surface area contributed by atoms with Gasteiger partial charge in [-0.3, -0.25) is 0 Å². The molecule has 0 aromatic heterocycles. The zero-order valence-electron chi connectivity index (χ0n) is 11.3. The monoisotopic (exact) mass is 281 g/mol. The first-order valence-electron chi connectivity index (χ1n) is 7.33. The van der Waals surface area contributed by atoms with Crippen molar-refractivity contribution in [3.63, 3.8) is 0 Å². The molecule has 1 N–H and O–H groups in total. The average Bonchev–Trinajstić information content (AvgIpc) is 3.26. The Balaban J connectivity index is 1.57. The molecular weight excluding hydrogens is 261 g/mol. The largest absolute Gasteiger partial charge is 0.310 e. The van der Waals surface area contributed by atoms with E-state index in [4.69, 9.17) is 11.6 Å². The van der Waals surface area contributed by atoms with E-state index in [2.05, 4.69) is 12.2 Å². The summed E-state index contributed by atoms with van der Waals surface area (Å²) in [5.74, 6) is 2.44. The minimum atomic E-state index is -0.341. The number of halogens is 2. The summed E-state index contributed by atoms with van der Waals surface area (Å²) in [6.45, 7) is 3.21. The van der Waals surface area contributed by atoms with Crippen LogP contribution in [0.15, 0.2) is 18.2 Å². The summed E-state index contributed by atoms with van der Waals surface area (Å²) in [5, 5.41) is 3.82. The molecule has 19 heavy (non-hydrogen) atoms. The van der Waals surface area contributed by atoms with Gasteiger partial charge in [-0.2, -0.15) is 0 Å². The minimum absolute atomic E-state index is 0.215. The van der Waals surface area contributed by atoms with Crippen LogP contribution in [-0.4, -0.2) is 6.54 Å². The van der Waals surface area contributed by atoms with Crippen LogP contribution in [0.3, 0.4) is 0 Å². The molecular formula is C16H21ClFN. The minimum Gasteiger partial charge on any atom is -0.310 e. The first kappa shape index (κ1) is 13.4. The molecule has 1 atom stereocenters. The summed E-state index contributed by atoms with van der Waals surface area (Å²) < 4.78 is 13.2. The third kappa shape index (κ3) is 3.29. The second kappa shape index (κ2) is 5.41. The predicted molar refractivity (Wildman–Crippen MR) is 76.8 cm³/mol. The van der Waals surface area contributed by atoms with E-state index in [1.165, 1.54) is 31.7 Å². The summed E-state index contributed by atoms with van der Waals surface area (Å²) in [7, 11) is 0. The molecule has 0 bridgehead atoms. The highest BCUT2D eigenvalue weighted by molar-refractivity contribution is 6.30. The van der Waals surface area contributed by atoms with E-state index in [0.29, 0.717) is 0 Å². The SMILES string of the molecule is CC(NCC(C1CC1)C1CC1)c1ccc(F)c(Cl)c1. The van der Waals surface area contributed by atoms with Gasteiger partial charge in [0.2, 0.25) is 0 Å². The number of nitrogens with one attached hydrogen (secondary N) is 1. The Hall–Kier alpha value is -0.600. The molecule has 3 heteroatoms. The Morgan fingerprint density at radius 3 is 2.42 bits per heavy atom. The van der Waals surface area contributed by atoms with E-state index in [0.717, 1.165) is 29.9 Å². The highest BCUT2D eigenvalue weighted by atomic mass is 35.5. The third-order valence-corrected chi connectivity index (χ3v) is 4.85. The number of rotatable bonds is 6. The van der Waals surface area contributed by atoms with E-state index >= 15 is 0 Å². The van der Waals surface area contributed by atoms with Gasteiger partial charge in [-0.1, -0.05) is 17.7 Å². The van der Waals surface area contributed by atoms with Crippen LogP contribution in [0, 0.1) is 23.6 Å². The molecule has 0 heterocycles. The molecule has 0 spiro atoms. The van der Waals surface area contributed by atoms with E-state index in [1.54, 1.807) is 6.07 Å². The average molecular weight is 282 g/mol. The topological polar surface area (TPSA) is 12.0 Å². The maximum atomic E-state index is 13.2. The van der Waals surface area contributed by atoms with Gasteiger partial charge in [-0.05, 0) is 74.6 Å². The van der Waals surface area contributed by atoms with Crippen molar-refractivity contribution >= 4 is 11.6 Å². The van der Waals surface area contributed by atoms with E-state index in [-0.39, 0.29) is 16.9 Å². The van der Waals surface area contributed by atoms with E-state index in [9.17, 15) is 4.39 Å². The maximum absolute atomic E-state index is 13.2. The molecule has 0 amide bonds. The molecule has 2 aliphatic rings. The van der Waals surface area contributed by atoms with Crippen LogP contribution in [0.1, 0.15) is 44.2 Å². The quantitative estimate of drug-likeness (QED) is 0.806. The lowest BCUT2D eigenvalue weighted by molar-refractivity contribution is 0.362. The predicted octanol–water partition coefficient (Wildman–Crippen LogP) is 4.57. The molecule has 0 saturated heterocycles. The Kier molecular flexibility index (Phi) is 3.81. The van der Waals surface area contributed by atoms with Crippen molar-refractivity contribution < 1.29 is 4.39 Å². The third-order valence-electron chi connectivity index (χ3n) is 4.56. The van der Waals surface area contributed by atoms with Crippen LogP contribution in [-0.2, 0) is 0 Å². The first-order valence-corrected chi connectivity index (χ1v) is 7.71. The lowest BCUT2D eigenvalue weighted by atomic mass is 9.97. The fourth-order valence-electron chi connectivity index (χ4n) is 2.98. The van der Waals surface area contributed by atoms with Crippen LogP contribution in [0.5, 0.6) is 0 Å². The smallest absolute Gasteiger partial charge is 0.141 e. The summed E-state index contributed by atoms with van der Waals surface area (Å²) >= 11 is 5.84. The second-order valence-corrected chi connectivity index (χ2v) is 6.55. The van der Waals surface area contributed by atoms with Gasteiger partial charge in [0.15, 0.2) is 0 Å². The molecule has 2 fully saturated rings. The van der Waals surface area contributed by atoms with Crippen molar-refractivity contribution in [2.24, 2.45) is 17.8 Å². The van der Waals surface area contributed by atoms with Crippen molar-refractivity contribution in [2.75, 3.05) is 6.54 Å². The van der Waals surface area contributed by atoms with Gasteiger partial charge in [-0.15, -0.1) is 0 Å². The van der Waals surface area contributed by atoms with Gasteiger partial charge in [0.05, 0.1) is 5.02 Å². The molecule has 0 aliphatic heterocycles. The second-order valence-electron chi connectivity index (χ2n) is 6.14. The Labute approximate surface area is 119 Å². The molecule has 0 radical (unpaired) electrons. The summed E-state index contributed by atoms with van der Waals surface area (Å²) in [6.07, 6.45) is 5.67. The summed E-state index contributed by atoms with van der Waals surface area (Å²) in [6, 6.07) is 5.24. The van der Waals surface area contributed by atoms with Crippen molar-refractivity contribution in [1.29, 1.82) is 0 Å². The highest BCUT2D eigenvalue weighted by Gasteiger charge is 2.41. The fourth-order valence-corrected chi connectivity index (χ4v) is 3.17. The first-order chi connectivity index (χ1) is 9.15. The van der Waals surface area contributed by atoms with E-state index < -0.39 is 0 Å². The summed E-state index contributed by atoms with van der Waals surface area (Å²) in [5.41, 5.74) is 1.07. The van der Waals surface area contributed by atoms with Crippen LogP contribution in [0.4, 0.5) is 4.39 Å². The number of benzene rings is 1. The van der Waals surface area contributed by atoms with E-state index in [1.807, 2.05) is 6.07 Å². The molecule has 1 nitrogen and oxygen atoms in total. The van der Waals surface area contributed by atoms with Crippen LogP contribution < -0.4 is 5.32 Å². The van der Waals surface area contributed by atoms with Crippen molar-refractivity contribution in [2.45, 2.75) is 38.6 Å². The van der Waals surface area contributed by atoms with Gasteiger partial charge >= 0.3 is 0 Å². The van der Waals surface area contributed by atoms with Crippen molar-refractivity contribution in [3.8, 4) is 0 Å².